The van der Waals surface area contributed by atoms with Gasteiger partial charge >= 0.3 is 0 Å². The van der Waals surface area contributed by atoms with E-state index in [4.69, 9.17) is 0 Å². The molecule has 0 aromatic heterocycles. The molecular formula is C5H9NY-2. The minimum Gasteiger partial charge on any atom is -0.533 e. The number of aliphatic imine (C=N–C) groups is 1. The molecule has 0 N–H and O–H groups in total. The van der Waals surface area contributed by atoms with Crippen molar-refractivity contribution in [1.29, 1.82) is 0 Å². The average molecular weight is 172 g/mol. The maximum absolute atomic E-state index is 3.73. The van der Waals surface area contributed by atoms with Crippen molar-refractivity contribution in [2.75, 3.05) is 6.54 Å². The van der Waals surface area contributed by atoms with Gasteiger partial charge in [-0.3, -0.25) is 0 Å². The summed E-state index contributed by atoms with van der Waals surface area (Å²) in [6, 6.07) is 0. The molecule has 0 aliphatic carbocycles. The third-order valence-electron chi connectivity index (χ3n) is 0.382. The van der Waals surface area contributed by atoms with E-state index in [1.165, 1.54) is 0 Å². The Labute approximate surface area is 70.5 Å². The number of rotatable bonds is 2. The van der Waals surface area contributed by atoms with Crippen molar-refractivity contribution in [1.82, 2.24) is 0 Å². The van der Waals surface area contributed by atoms with Crippen LogP contribution >= 0.6 is 0 Å². The van der Waals surface area contributed by atoms with E-state index in [-0.39, 0.29) is 32.7 Å². The summed E-state index contributed by atoms with van der Waals surface area (Å²) >= 11 is 0. The van der Waals surface area contributed by atoms with Crippen LogP contribution in [0.25, 0.3) is 0 Å². The fourth-order valence-electron chi connectivity index (χ4n) is 0.191. The predicted octanol–water partition coefficient (Wildman–Crippen LogP) is 1.18. The van der Waals surface area contributed by atoms with Crippen LogP contribution in [0.2, 0.25) is 0 Å². The maximum Gasteiger partial charge on any atom is 0 e. The van der Waals surface area contributed by atoms with Crippen molar-refractivity contribution >= 4 is 6.21 Å². The van der Waals surface area contributed by atoms with Gasteiger partial charge in [0.25, 0.3) is 0 Å². The molecule has 0 bridgehead atoms. The molecule has 0 saturated heterocycles. The minimum absolute atomic E-state index is 0. The van der Waals surface area contributed by atoms with E-state index < -0.39 is 0 Å². The van der Waals surface area contributed by atoms with Crippen molar-refractivity contribution in [3.05, 3.63) is 6.92 Å². The molecule has 0 aromatic carbocycles. The molecule has 1 nitrogen and oxygen atoms in total. The Morgan fingerprint density at radius 1 is 1.71 bits per heavy atom. The van der Waals surface area contributed by atoms with Crippen LogP contribution in [0.1, 0.15) is 13.3 Å². The van der Waals surface area contributed by atoms with Gasteiger partial charge in [0.1, 0.15) is 0 Å². The Kier molecular flexibility index (Phi) is 15.1. The van der Waals surface area contributed by atoms with Crippen LogP contribution in [0.4, 0.5) is 0 Å². The Morgan fingerprint density at radius 2 is 2.29 bits per heavy atom. The van der Waals surface area contributed by atoms with Crippen LogP contribution in [0.5, 0.6) is 0 Å². The van der Waals surface area contributed by atoms with Gasteiger partial charge in [-0.1, -0.05) is 6.92 Å². The second kappa shape index (κ2) is 9.91. The zero-order chi connectivity index (χ0) is 4.83. The van der Waals surface area contributed by atoms with Gasteiger partial charge < -0.3 is 18.1 Å². The second-order valence-corrected chi connectivity index (χ2v) is 0.893. The van der Waals surface area contributed by atoms with Crippen molar-refractivity contribution < 1.29 is 32.7 Å². The van der Waals surface area contributed by atoms with E-state index in [0.717, 1.165) is 6.42 Å². The van der Waals surface area contributed by atoms with Gasteiger partial charge in [-0.05, 0) is 0 Å². The molecule has 0 unspecified atom stereocenters. The molecule has 0 saturated carbocycles. The van der Waals surface area contributed by atoms with E-state index in [0.29, 0.717) is 6.54 Å². The summed E-state index contributed by atoms with van der Waals surface area (Å²) in [6.07, 6.45) is 3.66. The number of nitrogens with zero attached hydrogens (tertiary/aromatic N) is 1. The second-order valence-electron chi connectivity index (χ2n) is 0.893. The summed E-state index contributed by atoms with van der Waals surface area (Å²) in [4.78, 5) is 3.73. The molecule has 7 heavy (non-hydrogen) atoms. The predicted molar refractivity (Wildman–Crippen MR) is 27.9 cm³/mol. The molecule has 0 fully saturated rings. The maximum atomic E-state index is 3.73. The molecule has 0 aliphatic rings. The fourth-order valence-corrected chi connectivity index (χ4v) is 0.191. The van der Waals surface area contributed by atoms with Crippen molar-refractivity contribution in [3.8, 4) is 0 Å². The Bertz CT molecular complexity index is 37.3. The van der Waals surface area contributed by atoms with E-state index >= 15 is 0 Å². The molecule has 0 amide bonds. The summed E-state index contributed by atoms with van der Waals surface area (Å²) in [7, 11) is 0. The third kappa shape index (κ3) is 10.8. The largest absolute Gasteiger partial charge is 0.533 e. The van der Waals surface area contributed by atoms with Gasteiger partial charge in [-0.2, -0.15) is 6.42 Å². The first kappa shape index (κ1) is 10.7. The normalized spacial score (nSPS) is 8.86. The molecule has 2 heteroatoms. The first-order valence-electron chi connectivity index (χ1n) is 2.10. The van der Waals surface area contributed by atoms with Crippen LogP contribution in [-0.4, -0.2) is 12.8 Å². The van der Waals surface area contributed by atoms with Crippen LogP contribution in [0.3, 0.4) is 0 Å². The Morgan fingerprint density at radius 3 is 2.43 bits per heavy atom. The van der Waals surface area contributed by atoms with Gasteiger partial charge in [0.2, 0.25) is 0 Å². The summed E-state index contributed by atoms with van der Waals surface area (Å²) in [6.45, 7) is 6.11. The Hall–Kier alpha value is 0.774. The summed E-state index contributed by atoms with van der Waals surface area (Å²) < 4.78 is 0. The molecular weight excluding hydrogens is 163 g/mol. The molecule has 1 radical (unpaired) electrons. The van der Waals surface area contributed by atoms with Gasteiger partial charge in [0.05, 0.1) is 0 Å². The molecule has 0 aromatic rings. The molecule has 0 heterocycles. The zero-order valence-electron chi connectivity index (χ0n) is 4.65. The number of hydrogen-bond donors (Lipinski definition) is 0. The monoisotopic (exact) mass is 172 g/mol. The first-order chi connectivity index (χ1) is 2.91. The third-order valence-corrected chi connectivity index (χ3v) is 0.382. The quantitative estimate of drug-likeness (QED) is 0.438. The Balaban J connectivity index is 0. The van der Waals surface area contributed by atoms with Crippen molar-refractivity contribution in [3.63, 3.8) is 0 Å². The summed E-state index contributed by atoms with van der Waals surface area (Å²) in [5.41, 5.74) is 0. The van der Waals surface area contributed by atoms with Gasteiger partial charge in [-0.25, -0.2) is 0 Å². The number of hydrogen-bond acceptors (Lipinski definition) is 1. The first-order valence-corrected chi connectivity index (χ1v) is 2.10. The van der Waals surface area contributed by atoms with E-state index in [1.807, 2.05) is 6.92 Å². The van der Waals surface area contributed by atoms with Crippen LogP contribution < -0.4 is 0 Å². The fraction of sp³-hybridized carbons (Fsp3) is 0.600. The van der Waals surface area contributed by atoms with Crippen molar-refractivity contribution in [2.45, 2.75) is 13.3 Å². The van der Waals surface area contributed by atoms with E-state index in [1.54, 1.807) is 0 Å². The molecule has 0 atom stereocenters. The minimum atomic E-state index is 0. The summed E-state index contributed by atoms with van der Waals surface area (Å²) in [5, 5.41) is 0. The van der Waals surface area contributed by atoms with Crippen molar-refractivity contribution in [2.24, 2.45) is 4.99 Å². The van der Waals surface area contributed by atoms with Crippen LogP contribution in [-0.2, 0) is 32.7 Å². The van der Waals surface area contributed by atoms with Gasteiger partial charge in [-0.15, -0.1) is 6.54 Å². The molecule has 0 spiro atoms. The molecule has 0 aliphatic heterocycles. The van der Waals surface area contributed by atoms with Crippen LogP contribution in [0.15, 0.2) is 4.99 Å². The topological polar surface area (TPSA) is 12.4 Å². The van der Waals surface area contributed by atoms with E-state index in [2.05, 4.69) is 18.1 Å². The van der Waals surface area contributed by atoms with E-state index in [9.17, 15) is 0 Å². The van der Waals surface area contributed by atoms with Crippen LogP contribution in [0, 0.1) is 6.92 Å². The smallest absolute Gasteiger partial charge is 0 e. The zero-order valence-corrected chi connectivity index (χ0v) is 7.48. The van der Waals surface area contributed by atoms with Gasteiger partial charge in [0.15, 0.2) is 0 Å². The SMILES string of the molecule is [CH2-]CN=[C-]CC.[Y]. The molecule has 39 valence electrons. The standard InChI is InChI=1S/C5H9N.Y/c1-3-5-6-4-2;/h2-4H2,1H3;/q-2;. The van der Waals surface area contributed by atoms with Gasteiger partial charge in [0, 0.05) is 32.7 Å². The molecule has 0 rings (SSSR count). The summed E-state index contributed by atoms with van der Waals surface area (Å²) in [5.74, 6) is 0. The average Bonchev–Trinajstić information content (AvgIpc) is 1.61.